The van der Waals surface area contributed by atoms with Crippen LogP contribution in [0.25, 0.3) is 0 Å². The van der Waals surface area contributed by atoms with Crippen LogP contribution in [0, 0.1) is 24.5 Å². The summed E-state index contributed by atoms with van der Waals surface area (Å²) in [5.41, 5.74) is 6.34. The van der Waals surface area contributed by atoms with Crippen molar-refractivity contribution in [3.05, 3.63) is 98.5 Å². The number of carbonyl (C=O) groups is 1. The highest BCUT2D eigenvalue weighted by Gasteiger charge is 2.36. The third kappa shape index (κ3) is 6.69. The zero-order chi connectivity index (χ0) is 29.2. The van der Waals surface area contributed by atoms with Crippen molar-refractivity contribution in [1.29, 1.82) is 0 Å². The van der Waals surface area contributed by atoms with Gasteiger partial charge in [0.2, 0.25) is 5.43 Å². The Balaban J connectivity index is 0.000000211. The number of aryl methyl sites for hydroxylation is 1. The summed E-state index contributed by atoms with van der Waals surface area (Å²) in [6.07, 6.45) is 13.7. The number of aromatic hydroxyl groups is 1. The number of nitrogens with zero attached hydrogens (tertiary/aromatic N) is 2. The SMILES string of the molecule is C#C.CCCCc1ccccc1Cc1ccc(F)c(F)c1CC.O=C1c2c(O)c(=O)ccn2N[C@@H]2COCCN12. The molecule has 1 atom stereocenters. The average molecular weight is 552 g/mol. The second-order valence-electron chi connectivity index (χ2n) is 9.37. The fraction of sp³-hybridized carbons (Fsp3) is 0.355. The molecule has 1 amide bonds. The third-order valence-electron chi connectivity index (χ3n) is 6.90. The van der Waals surface area contributed by atoms with Crippen LogP contribution in [0.3, 0.4) is 0 Å². The van der Waals surface area contributed by atoms with Crippen LogP contribution in [0.4, 0.5) is 8.78 Å². The van der Waals surface area contributed by atoms with Crippen LogP contribution in [0.15, 0.2) is 53.5 Å². The number of nitrogens with one attached hydrogen (secondary N) is 1. The van der Waals surface area contributed by atoms with Crippen molar-refractivity contribution in [3.63, 3.8) is 0 Å². The van der Waals surface area contributed by atoms with Crippen molar-refractivity contribution >= 4 is 5.91 Å². The van der Waals surface area contributed by atoms with Gasteiger partial charge in [-0.25, -0.2) is 8.78 Å². The number of pyridine rings is 1. The molecule has 3 heterocycles. The van der Waals surface area contributed by atoms with Crippen LogP contribution < -0.4 is 10.9 Å². The van der Waals surface area contributed by atoms with Gasteiger partial charge in [-0.1, -0.05) is 50.6 Å². The quantitative estimate of drug-likeness (QED) is 0.437. The summed E-state index contributed by atoms with van der Waals surface area (Å²) >= 11 is 0. The summed E-state index contributed by atoms with van der Waals surface area (Å²) in [5.74, 6) is -2.32. The molecule has 0 radical (unpaired) electrons. The lowest BCUT2D eigenvalue weighted by Gasteiger charge is -2.41. The Morgan fingerprint density at radius 1 is 1.05 bits per heavy atom. The Hall–Kier alpha value is -4.16. The second-order valence-corrected chi connectivity index (χ2v) is 9.37. The van der Waals surface area contributed by atoms with Gasteiger partial charge >= 0.3 is 0 Å². The van der Waals surface area contributed by atoms with E-state index in [2.05, 4.69) is 37.3 Å². The number of halogens is 2. The van der Waals surface area contributed by atoms with Gasteiger partial charge in [-0.15, -0.1) is 12.8 Å². The first-order chi connectivity index (χ1) is 19.3. The largest absolute Gasteiger partial charge is 0.502 e. The number of fused-ring (bicyclic) bond motifs is 2. The van der Waals surface area contributed by atoms with Gasteiger partial charge in [0.05, 0.1) is 13.2 Å². The lowest BCUT2D eigenvalue weighted by Crippen LogP contribution is -2.59. The molecule has 40 heavy (non-hydrogen) atoms. The van der Waals surface area contributed by atoms with Crippen molar-refractivity contribution in [2.75, 3.05) is 25.2 Å². The highest BCUT2D eigenvalue weighted by Crippen LogP contribution is 2.23. The van der Waals surface area contributed by atoms with Crippen LogP contribution >= 0.6 is 0 Å². The van der Waals surface area contributed by atoms with Crippen LogP contribution in [0.1, 0.15) is 59.4 Å². The van der Waals surface area contributed by atoms with Gasteiger partial charge < -0.3 is 20.2 Å². The second kappa shape index (κ2) is 14.3. The molecule has 5 rings (SSSR count). The third-order valence-corrected chi connectivity index (χ3v) is 6.90. The summed E-state index contributed by atoms with van der Waals surface area (Å²) in [4.78, 5) is 25.0. The number of hydrogen-bond donors (Lipinski definition) is 2. The Labute approximate surface area is 233 Å². The number of carbonyl (C=O) groups excluding carboxylic acids is 1. The lowest BCUT2D eigenvalue weighted by molar-refractivity contribution is -0.00314. The fourth-order valence-corrected chi connectivity index (χ4v) is 4.82. The minimum atomic E-state index is -0.755. The summed E-state index contributed by atoms with van der Waals surface area (Å²) in [6.45, 7) is 5.33. The Morgan fingerprint density at radius 3 is 2.48 bits per heavy atom. The molecule has 0 saturated carbocycles. The lowest BCUT2D eigenvalue weighted by atomic mass is 9.93. The predicted molar refractivity (Wildman–Crippen MR) is 151 cm³/mol. The zero-order valence-electron chi connectivity index (χ0n) is 22.8. The van der Waals surface area contributed by atoms with E-state index in [9.17, 15) is 23.5 Å². The summed E-state index contributed by atoms with van der Waals surface area (Å²) in [5, 5.41) is 9.65. The molecule has 0 spiro atoms. The van der Waals surface area contributed by atoms with E-state index in [4.69, 9.17) is 4.74 Å². The van der Waals surface area contributed by atoms with Gasteiger partial charge in [-0.2, -0.15) is 0 Å². The molecule has 212 valence electrons. The molecule has 0 aliphatic carbocycles. The molecule has 9 heteroatoms. The minimum Gasteiger partial charge on any atom is -0.502 e. The minimum absolute atomic E-state index is 0.0179. The maximum absolute atomic E-state index is 13.9. The number of morpholine rings is 1. The molecule has 0 unspecified atom stereocenters. The molecule has 3 aromatic rings. The van der Waals surface area contributed by atoms with E-state index in [1.54, 1.807) is 11.0 Å². The predicted octanol–water partition coefficient (Wildman–Crippen LogP) is 4.62. The first-order valence-corrected chi connectivity index (χ1v) is 13.3. The van der Waals surface area contributed by atoms with E-state index in [1.807, 2.05) is 19.1 Å². The smallest absolute Gasteiger partial charge is 0.278 e. The van der Waals surface area contributed by atoms with Crippen LogP contribution in [-0.2, 0) is 24.0 Å². The molecule has 2 aliphatic rings. The van der Waals surface area contributed by atoms with Crippen LogP contribution in [0.5, 0.6) is 5.75 Å². The maximum Gasteiger partial charge on any atom is 0.278 e. The summed E-state index contributed by atoms with van der Waals surface area (Å²) in [7, 11) is 0. The van der Waals surface area contributed by atoms with Gasteiger partial charge in [-0.05, 0) is 54.0 Å². The molecule has 7 nitrogen and oxygen atoms in total. The first kappa shape index (κ1) is 30.4. The van der Waals surface area contributed by atoms with Gasteiger partial charge in [0.1, 0.15) is 6.17 Å². The van der Waals surface area contributed by atoms with Crippen molar-refractivity contribution in [2.45, 2.75) is 52.1 Å². The zero-order valence-corrected chi connectivity index (χ0v) is 22.8. The number of benzene rings is 2. The van der Waals surface area contributed by atoms with Crippen LogP contribution in [0.2, 0.25) is 0 Å². The number of aromatic nitrogens is 1. The summed E-state index contributed by atoms with van der Waals surface area (Å²) < 4.78 is 33.9. The van der Waals surface area contributed by atoms with E-state index < -0.39 is 22.8 Å². The molecule has 1 fully saturated rings. The van der Waals surface area contributed by atoms with Crippen molar-refractivity contribution in [3.8, 4) is 18.6 Å². The highest BCUT2D eigenvalue weighted by atomic mass is 19.2. The van der Waals surface area contributed by atoms with E-state index in [0.29, 0.717) is 38.2 Å². The van der Waals surface area contributed by atoms with E-state index in [1.165, 1.54) is 34.1 Å². The number of unbranched alkanes of at least 4 members (excludes halogenated alkanes) is 1. The average Bonchev–Trinajstić information content (AvgIpc) is 2.98. The highest BCUT2D eigenvalue weighted by molar-refractivity contribution is 5.96. The molecule has 2 aliphatic heterocycles. The van der Waals surface area contributed by atoms with E-state index in [-0.39, 0.29) is 17.8 Å². The number of ether oxygens (including phenoxy) is 1. The number of rotatable bonds is 6. The van der Waals surface area contributed by atoms with Crippen molar-refractivity contribution < 1.29 is 23.4 Å². The molecule has 2 N–H and O–H groups in total. The monoisotopic (exact) mass is 551 g/mol. The van der Waals surface area contributed by atoms with Gasteiger partial charge in [0, 0.05) is 18.8 Å². The molecular formula is C31H35F2N3O4. The van der Waals surface area contributed by atoms with Crippen LogP contribution in [-0.4, -0.2) is 46.5 Å². The topological polar surface area (TPSA) is 83.8 Å². The van der Waals surface area contributed by atoms with Gasteiger partial charge in [0.25, 0.3) is 5.91 Å². The van der Waals surface area contributed by atoms with Crippen molar-refractivity contribution in [1.82, 2.24) is 9.58 Å². The number of hydrogen-bond acceptors (Lipinski definition) is 5. The maximum atomic E-state index is 13.9. The Bertz CT molecular complexity index is 1400. The molecule has 1 aromatic heterocycles. The number of amides is 1. The van der Waals surface area contributed by atoms with E-state index in [0.717, 1.165) is 24.8 Å². The van der Waals surface area contributed by atoms with E-state index >= 15 is 0 Å². The van der Waals surface area contributed by atoms with Crippen molar-refractivity contribution in [2.24, 2.45) is 0 Å². The molecule has 0 bridgehead atoms. The molecule has 1 saturated heterocycles. The number of terminal acetylenes is 1. The summed E-state index contributed by atoms with van der Waals surface area (Å²) in [6, 6.07) is 12.4. The normalized spacial score (nSPS) is 15.4. The van der Waals surface area contributed by atoms with Gasteiger partial charge in [-0.3, -0.25) is 14.3 Å². The molecular weight excluding hydrogens is 516 g/mol. The Morgan fingerprint density at radius 2 is 1.77 bits per heavy atom. The first-order valence-electron chi connectivity index (χ1n) is 13.3. The molecule has 2 aromatic carbocycles. The fourth-order valence-electron chi connectivity index (χ4n) is 4.82. The Kier molecular flexibility index (Phi) is 10.9. The van der Waals surface area contributed by atoms with Gasteiger partial charge in [0.15, 0.2) is 23.1 Å². The standard InChI is InChI=1S/C19H22F2.C10H11N3O4.C2H2/c1-3-5-8-14-9-6-7-10-15(14)13-16-11-12-18(20)19(21)17(16)4-2;14-6-1-2-13-8(9(6)15)10(16)12-3-4-17-5-7(12)11-13;1-2/h6-7,9-12H,3-5,8,13H2,1-2H3;1-2,7,11,15H,3-5H2;1-2H/t;7-;/m.0./s1.